The highest BCUT2D eigenvalue weighted by Gasteiger charge is 2.37. The number of rotatable bonds is 1. The molecule has 0 bridgehead atoms. The van der Waals surface area contributed by atoms with Crippen molar-refractivity contribution in [2.45, 2.75) is 18.8 Å². The lowest BCUT2D eigenvalue weighted by molar-refractivity contribution is -0.0560. The normalized spacial score (nSPS) is 18.5. The number of piperidine rings is 1. The van der Waals surface area contributed by atoms with Crippen LogP contribution in [0.3, 0.4) is 0 Å². The number of nitrogens with zero attached hydrogens (tertiary/aromatic N) is 1. The highest BCUT2D eigenvalue weighted by atomic mass is 79.9. The zero-order valence-corrected chi connectivity index (χ0v) is 11.3. The average Bonchev–Trinajstić information content (AvgIpc) is 2.33. The summed E-state index contributed by atoms with van der Waals surface area (Å²) in [4.78, 5) is 12.9. The lowest BCUT2D eigenvalue weighted by Gasteiger charge is -2.32. The Labute approximate surface area is 115 Å². The van der Waals surface area contributed by atoms with Gasteiger partial charge >= 0.3 is 0 Å². The number of likely N-dealkylation sites (tertiary alicyclic amines) is 1. The summed E-state index contributed by atoms with van der Waals surface area (Å²) in [6, 6.07) is 1.81. The summed E-state index contributed by atoms with van der Waals surface area (Å²) in [5, 5.41) is 0. The first-order valence-electron chi connectivity index (χ1n) is 5.62. The molecule has 1 saturated heterocycles. The molecular weight excluding hydrogens is 330 g/mol. The predicted molar refractivity (Wildman–Crippen MR) is 64.1 cm³/mol. The lowest BCUT2D eigenvalue weighted by atomic mass is 10.1. The molecule has 19 heavy (non-hydrogen) atoms. The van der Waals surface area contributed by atoms with Crippen LogP contribution in [0.25, 0.3) is 0 Å². The van der Waals surface area contributed by atoms with E-state index in [1.54, 1.807) is 0 Å². The van der Waals surface area contributed by atoms with Crippen LogP contribution >= 0.6 is 15.9 Å². The third kappa shape index (κ3) is 3.08. The Hall–Kier alpha value is -1.11. The second kappa shape index (κ2) is 5.11. The van der Waals surface area contributed by atoms with Gasteiger partial charge in [0.05, 0.1) is 11.0 Å². The molecule has 104 valence electrons. The Balaban J connectivity index is 2.25. The second-order valence-corrected chi connectivity index (χ2v) is 5.29. The highest BCUT2D eigenvalue weighted by molar-refractivity contribution is 9.10. The van der Waals surface area contributed by atoms with Crippen LogP contribution in [-0.2, 0) is 0 Å². The largest absolute Gasteiger partial charge is 0.333 e. The Morgan fingerprint density at radius 2 is 2.00 bits per heavy atom. The van der Waals surface area contributed by atoms with Gasteiger partial charge in [0.2, 0.25) is 0 Å². The summed E-state index contributed by atoms with van der Waals surface area (Å²) in [5.41, 5.74) is -0.150. The van der Waals surface area contributed by atoms with Crippen LogP contribution in [0.4, 0.5) is 17.6 Å². The quantitative estimate of drug-likeness (QED) is 0.565. The SMILES string of the molecule is O=C(c1cc(F)c(F)c(Br)c1)N1CCCC(F)(F)C1. The predicted octanol–water partition coefficient (Wildman–Crippen LogP) is 3.60. The first-order chi connectivity index (χ1) is 8.80. The van der Waals surface area contributed by atoms with E-state index >= 15 is 0 Å². The fraction of sp³-hybridized carbons (Fsp3) is 0.417. The van der Waals surface area contributed by atoms with E-state index in [9.17, 15) is 22.4 Å². The zero-order chi connectivity index (χ0) is 14.2. The molecule has 0 N–H and O–H groups in total. The van der Waals surface area contributed by atoms with Gasteiger partial charge in [-0.2, -0.15) is 0 Å². The van der Waals surface area contributed by atoms with Gasteiger partial charge in [-0.3, -0.25) is 4.79 Å². The van der Waals surface area contributed by atoms with E-state index in [2.05, 4.69) is 15.9 Å². The summed E-state index contributed by atoms with van der Waals surface area (Å²) >= 11 is 2.78. The van der Waals surface area contributed by atoms with Crippen molar-refractivity contribution in [3.05, 3.63) is 33.8 Å². The smallest absolute Gasteiger partial charge is 0.265 e. The van der Waals surface area contributed by atoms with Gasteiger partial charge in [0.15, 0.2) is 11.6 Å². The van der Waals surface area contributed by atoms with Gasteiger partial charge in [-0.05, 0) is 34.5 Å². The minimum atomic E-state index is -2.93. The summed E-state index contributed by atoms with van der Waals surface area (Å²) in [7, 11) is 0. The highest BCUT2D eigenvalue weighted by Crippen LogP contribution is 2.28. The van der Waals surface area contributed by atoms with Gasteiger partial charge in [-0.1, -0.05) is 0 Å². The minimum Gasteiger partial charge on any atom is -0.333 e. The van der Waals surface area contributed by atoms with Gasteiger partial charge in [-0.25, -0.2) is 17.6 Å². The molecule has 0 saturated carbocycles. The molecule has 0 atom stereocenters. The van der Waals surface area contributed by atoms with Gasteiger partial charge in [0, 0.05) is 18.5 Å². The number of hydrogen-bond acceptors (Lipinski definition) is 1. The summed E-state index contributed by atoms with van der Waals surface area (Å²) in [5.74, 6) is -5.95. The Kier molecular flexibility index (Phi) is 3.85. The standard InChI is InChI=1S/C12H10BrF4NO/c13-8-4-7(5-9(14)10(8)15)11(19)18-3-1-2-12(16,17)6-18/h4-5H,1-3,6H2. The first-order valence-corrected chi connectivity index (χ1v) is 6.41. The van der Waals surface area contributed by atoms with E-state index in [4.69, 9.17) is 0 Å². The van der Waals surface area contributed by atoms with Crippen LogP contribution < -0.4 is 0 Å². The number of hydrogen-bond donors (Lipinski definition) is 0. The monoisotopic (exact) mass is 339 g/mol. The van der Waals surface area contributed by atoms with Crippen molar-refractivity contribution in [2.75, 3.05) is 13.1 Å². The molecule has 1 amide bonds. The summed E-state index contributed by atoms with van der Waals surface area (Å²) < 4.78 is 52.5. The molecule has 1 aliphatic heterocycles. The second-order valence-electron chi connectivity index (χ2n) is 4.44. The number of carbonyl (C=O) groups is 1. The Bertz CT molecular complexity index is 497. The van der Waals surface area contributed by atoms with Crippen molar-refractivity contribution < 1.29 is 22.4 Å². The Morgan fingerprint density at radius 3 is 2.58 bits per heavy atom. The minimum absolute atomic E-state index is 0.150. The van der Waals surface area contributed by atoms with Crippen molar-refractivity contribution in [1.29, 1.82) is 0 Å². The van der Waals surface area contributed by atoms with Crippen molar-refractivity contribution in [2.24, 2.45) is 0 Å². The molecule has 1 heterocycles. The van der Waals surface area contributed by atoms with Crippen molar-refractivity contribution in [3.8, 4) is 0 Å². The van der Waals surface area contributed by atoms with E-state index in [0.717, 1.165) is 17.0 Å². The molecule has 1 fully saturated rings. The molecule has 0 aromatic heterocycles. The van der Waals surface area contributed by atoms with Crippen molar-refractivity contribution in [1.82, 2.24) is 4.90 Å². The van der Waals surface area contributed by atoms with E-state index in [-0.39, 0.29) is 29.4 Å². The van der Waals surface area contributed by atoms with Gasteiger partial charge in [-0.15, -0.1) is 0 Å². The lowest BCUT2D eigenvalue weighted by Crippen LogP contribution is -2.45. The number of alkyl halides is 2. The maximum atomic E-state index is 13.2. The molecule has 1 aromatic rings. The first kappa shape index (κ1) is 14.3. The molecule has 7 heteroatoms. The number of amides is 1. The van der Waals surface area contributed by atoms with Crippen LogP contribution in [0, 0.1) is 11.6 Å². The molecule has 0 unspecified atom stereocenters. The van der Waals surface area contributed by atoms with E-state index in [1.807, 2.05) is 0 Å². The molecule has 1 aromatic carbocycles. The van der Waals surface area contributed by atoms with Crippen molar-refractivity contribution >= 4 is 21.8 Å². The third-order valence-electron chi connectivity index (χ3n) is 2.91. The molecule has 2 nitrogen and oxygen atoms in total. The fourth-order valence-electron chi connectivity index (χ4n) is 2.00. The topological polar surface area (TPSA) is 20.3 Å². The Morgan fingerprint density at radius 1 is 1.32 bits per heavy atom. The molecule has 0 spiro atoms. The molecular formula is C12H10BrF4NO. The fourth-order valence-corrected chi connectivity index (χ4v) is 2.44. The molecule has 0 aliphatic carbocycles. The van der Waals surface area contributed by atoms with E-state index in [0.29, 0.717) is 0 Å². The third-order valence-corrected chi connectivity index (χ3v) is 3.49. The van der Waals surface area contributed by atoms with Crippen LogP contribution in [-0.4, -0.2) is 29.8 Å². The van der Waals surface area contributed by atoms with Crippen LogP contribution in [0.15, 0.2) is 16.6 Å². The summed E-state index contributed by atoms with van der Waals surface area (Å²) in [6.45, 7) is -0.506. The van der Waals surface area contributed by atoms with Gasteiger partial charge < -0.3 is 4.90 Å². The van der Waals surface area contributed by atoms with Crippen LogP contribution in [0.5, 0.6) is 0 Å². The average molecular weight is 340 g/mol. The molecule has 1 aliphatic rings. The van der Waals surface area contributed by atoms with Gasteiger partial charge in [0.25, 0.3) is 11.8 Å². The van der Waals surface area contributed by atoms with Crippen molar-refractivity contribution in [3.63, 3.8) is 0 Å². The molecule has 2 rings (SSSR count). The maximum absolute atomic E-state index is 13.2. The van der Waals surface area contributed by atoms with E-state index < -0.39 is 30.0 Å². The maximum Gasteiger partial charge on any atom is 0.265 e. The van der Waals surface area contributed by atoms with E-state index in [1.165, 1.54) is 0 Å². The van der Waals surface area contributed by atoms with Gasteiger partial charge in [0.1, 0.15) is 0 Å². The molecule has 0 radical (unpaired) electrons. The number of benzene rings is 1. The summed E-state index contributed by atoms with van der Waals surface area (Å²) in [6.07, 6.45) is -0.0815. The van der Waals surface area contributed by atoms with Crippen LogP contribution in [0.1, 0.15) is 23.2 Å². The zero-order valence-electron chi connectivity index (χ0n) is 9.73. The van der Waals surface area contributed by atoms with Crippen LogP contribution in [0.2, 0.25) is 0 Å². The number of carbonyl (C=O) groups excluding carboxylic acids is 1. The number of halogens is 5.